The van der Waals surface area contributed by atoms with Gasteiger partial charge in [0.25, 0.3) is 0 Å². The van der Waals surface area contributed by atoms with Crippen molar-refractivity contribution in [3.05, 3.63) is 0 Å². The van der Waals surface area contributed by atoms with Crippen molar-refractivity contribution in [2.24, 2.45) is 22.0 Å². The molecule has 0 saturated heterocycles. The van der Waals surface area contributed by atoms with Crippen molar-refractivity contribution in [1.82, 2.24) is 10.9 Å². The van der Waals surface area contributed by atoms with Crippen LogP contribution in [0.25, 0.3) is 0 Å². The third-order valence-corrected chi connectivity index (χ3v) is 1.28. The van der Waals surface area contributed by atoms with Crippen LogP contribution in [0.4, 0.5) is 0 Å². The van der Waals surface area contributed by atoms with Gasteiger partial charge in [0, 0.05) is 12.4 Å². The molecule has 0 aromatic carbocycles. The summed E-state index contributed by atoms with van der Waals surface area (Å²) in [5.74, 6) is -1.25. The van der Waals surface area contributed by atoms with Gasteiger partial charge in [0.1, 0.15) is 0 Å². The van der Waals surface area contributed by atoms with Crippen molar-refractivity contribution in [1.29, 1.82) is 0 Å². The van der Waals surface area contributed by atoms with E-state index in [2.05, 4.69) is 21.1 Å². The largest absolute Gasteiger partial charge is 0.331 e. The molecule has 0 atom stereocenters. The molecule has 0 rings (SSSR count). The predicted molar refractivity (Wildman–Crippen MR) is 62.9 cm³/mol. The van der Waals surface area contributed by atoms with Gasteiger partial charge in [-0.05, 0) is 11.8 Å². The molecule has 0 aliphatic rings. The van der Waals surface area contributed by atoms with Crippen LogP contribution >= 0.6 is 0 Å². The second-order valence-corrected chi connectivity index (χ2v) is 3.93. The Labute approximate surface area is 95.2 Å². The fourth-order valence-electron chi connectivity index (χ4n) is 0.591. The summed E-state index contributed by atoms with van der Waals surface area (Å²) in [6.07, 6.45) is 3.06. The number of hydrazone groups is 2. The van der Waals surface area contributed by atoms with Gasteiger partial charge in [-0.1, -0.05) is 27.7 Å². The molecule has 90 valence electrons. The Bertz CT molecular complexity index is 265. The van der Waals surface area contributed by atoms with E-state index >= 15 is 0 Å². The molecule has 16 heavy (non-hydrogen) atoms. The number of carbonyl (C=O) groups is 2. The van der Waals surface area contributed by atoms with Gasteiger partial charge in [0.05, 0.1) is 0 Å². The standard InChI is InChI=1S/C10H18N4O2/c1-7(2)5-11-13-9(15)10(16)14-12-6-8(3)4/h5-8H,1-4H3,(H,13,15)(H,14,16)/b11-5+,12-6+. The van der Waals surface area contributed by atoms with Gasteiger partial charge in [-0.15, -0.1) is 0 Å². The number of nitrogens with zero attached hydrogens (tertiary/aromatic N) is 2. The van der Waals surface area contributed by atoms with E-state index in [1.54, 1.807) is 0 Å². The van der Waals surface area contributed by atoms with Gasteiger partial charge in [0.2, 0.25) is 0 Å². The summed E-state index contributed by atoms with van der Waals surface area (Å²) in [5, 5.41) is 7.20. The van der Waals surface area contributed by atoms with Gasteiger partial charge in [0.15, 0.2) is 0 Å². The van der Waals surface area contributed by atoms with Crippen molar-refractivity contribution in [2.75, 3.05) is 0 Å². The molecule has 6 heteroatoms. The zero-order valence-corrected chi connectivity index (χ0v) is 10.0. The normalized spacial score (nSPS) is 11.6. The van der Waals surface area contributed by atoms with E-state index in [4.69, 9.17) is 0 Å². The van der Waals surface area contributed by atoms with Gasteiger partial charge >= 0.3 is 11.8 Å². The smallest absolute Gasteiger partial charge is 0.262 e. The second kappa shape index (κ2) is 7.56. The van der Waals surface area contributed by atoms with Crippen LogP contribution in [0, 0.1) is 11.8 Å². The lowest BCUT2D eigenvalue weighted by atomic mass is 10.3. The Morgan fingerprint density at radius 1 is 0.875 bits per heavy atom. The first-order valence-electron chi connectivity index (χ1n) is 5.10. The molecular weight excluding hydrogens is 208 g/mol. The summed E-state index contributed by atoms with van der Waals surface area (Å²) in [4.78, 5) is 22.2. The molecule has 0 heterocycles. The fraction of sp³-hybridized carbons (Fsp3) is 0.600. The van der Waals surface area contributed by atoms with Crippen LogP contribution in [0.2, 0.25) is 0 Å². The maximum Gasteiger partial charge on any atom is 0.331 e. The quantitative estimate of drug-likeness (QED) is 0.416. The predicted octanol–water partition coefficient (Wildman–Crippen LogP) is 0.502. The van der Waals surface area contributed by atoms with Crippen LogP contribution < -0.4 is 10.9 Å². The van der Waals surface area contributed by atoms with Gasteiger partial charge in [-0.3, -0.25) is 9.59 Å². The summed E-state index contributed by atoms with van der Waals surface area (Å²) in [6, 6.07) is 0. The van der Waals surface area contributed by atoms with Crippen LogP contribution in [-0.2, 0) is 9.59 Å². The Morgan fingerprint density at radius 3 is 1.44 bits per heavy atom. The van der Waals surface area contributed by atoms with Gasteiger partial charge in [-0.2, -0.15) is 10.2 Å². The lowest BCUT2D eigenvalue weighted by Crippen LogP contribution is -2.35. The number of nitrogens with one attached hydrogen (secondary N) is 2. The third-order valence-electron chi connectivity index (χ3n) is 1.28. The van der Waals surface area contributed by atoms with Crippen molar-refractivity contribution in [2.45, 2.75) is 27.7 Å². The van der Waals surface area contributed by atoms with Crippen LogP contribution in [0.3, 0.4) is 0 Å². The molecule has 0 aromatic rings. The van der Waals surface area contributed by atoms with Crippen molar-refractivity contribution in [3.8, 4) is 0 Å². The topological polar surface area (TPSA) is 82.9 Å². The van der Waals surface area contributed by atoms with Crippen LogP contribution in [-0.4, -0.2) is 24.2 Å². The molecule has 0 aliphatic heterocycles. The van der Waals surface area contributed by atoms with Crippen molar-refractivity contribution < 1.29 is 9.59 Å². The van der Waals surface area contributed by atoms with E-state index in [1.165, 1.54) is 12.4 Å². The first-order valence-corrected chi connectivity index (χ1v) is 5.10. The van der Waals surface area contributed by atoms with Crippen molar-refractivity contribution >= 4 is 24.2 Å². The zero-order chi connectivity index (χ0) is 12.6. The fourth-order valence-corrected chi connectivity index (χ4v) is 0.591. The average molecular weight is 226 g/mol. The van der Waals surface area contributed by atoms with E-state index in [1.807, 2.05) is 27.7 Å². The van der Waals surface area contributed by atoms with E-state index < -0.39 is 11.8 Å². The molecule has 2 N–H and O–H groups in total. The molecule has 0 spiro atoms. The summed E-state index contributed by atoms with van der Waals surface area (Å²) in [5.41, 5.74) is 4.19. The Kier molecular flexibility index (Phi) is 6.74. The van der Waals surface area contributed by atoms with Crippen LogP contribution in [0.15, 0.2) is 10.2 Å². The number of rotatable bonds is 4. The molecular formula is C10H18N4O2. The van der Waals surface area contributed by atoms with E-state index in [0.717, 1.165) is 0 Å². The summed E-state index contributed by atoms with van der Waals surface area (Å²) < 4.78 is 0. The van der Waals surface area contributed by atoms with E-state index in [0.29, 0.717) is 0 Å². The van der Waals surface area contributed by atoms with Gasteiger partial charge < -0.3 is 0 Å². The zero-order valence-electron chi connectivity index (χ0n) is 10.0. The molecule has 0 aliphatic carbocycles. The van der Waals surface area contributed by atoms with Crippen molar-refractivity contribution in [3.63, 3.8) is 0 Å². The molecule has 2 amide bonds. The minimum Gasteiger partial charge on any atom is -0.262 e. The Morgan fingerprint density at radius 2 is 1.19 bits per heavy atom. The molecule has 0 saturated carbocycles. The Hall–Kier alpha value is -1.72. The van der Waals surface area contributed by atoms with E-state index in [9.17, 15) is 9.59 Å². The number of amides is 2. The highest BCUT2D eigenvalue weighted by atomic mass is 16.2. The number of carbonyl (C=O) groups excluding carboxylic acids is 2. The number of hydrogen-bond acceptors (Lipinski definition) is 4. The first-order chi connectivity index (χ1) is 7.43. The summed E-state index contributed by atoms with van der Waals surface area (Å²) >= 11 is 0. The van der Waals surface area contributed by atoms with Gasteiger partial charge in [-0.25, -0.2) is 10.9 Å². The molecule has 0 fully saturated rings. The summed E-state index contributed by atoms with van der Waals surface area (Å²) in [7, 11) is 0. The molecule has 0 unspecified atom stereocenters. The lowest BCUT2D eigenvalue weighted by Gasteiger charge is -1.99. The maximum atomic E-state index is 11.1. The third kappa shape index (κ3) is 7.66. The maximum absolute atomic E-state index is 11.1. The SMILES string of the molecule is CC(C)/C=N/NC(=O)C(=O)N/N=C/C(C)C. The monoisotopic (exact) mass is 226 g/mol. The second-order valence-electron chi connectivity index (χ2n) is 3.93. The first kappa shape index (κ1) is 14.3. The molecule has 6 nitrogen and oxygen atoms in total. The molecule has 0 radical (unpaired) electrons. The lowest BCUT2D eigenvalue weighted by molar-refractivity contribution is -0.139. The minimum atomic E-state index is -0.835. The minimum absolute atomic E-state index is 0.210. The highest BCUT2D eigenvalue weighted by Crippen LogP contribution is 1.84. The average Bonchev–Trinajstić information content (AvgIpc) is 2.16. The van der Waals surface area contributed by atoms with Crippen LogP contribution in [0.1, 0.15) is 27.7 Å². The highest BCUT2D eigenvalue weighted by molar-refractivity contribution is 6.35. The van der Waals surface area contributed by atoms with Crippen LogP contribution in [0.5, 0.6) is 0 Å². The summed E-state index contributed by atoms with van der Waals surface area (Å²) in [6.45, 7) is 7.62. The Balaban J connectivity index is 3.96. The molecule has 0 aromatic heterocycles. The molecule has 0 bridgehead atoms. The highest BCUT2D eigenvalue weighted by Gasteiger charge is 2.10. The van der Waals surface area contributed by atoms with E-state index in [-0.39, 0.29) is 11.8 Å². The number of hydrogen-bond donors (Lipinski definition) is 2.